The van der Waals surface area contributed by atoms with Crippen molar-refractivity contribution in [2.24, 2.45) is 0 Å². The molecule has 5 rings (SSSR count). The number of aromatic nitrogens is 3. The molecule has 1 aromatic carbocycles. The highest BCUT2D eigenvalue weighted by atomic mass is 16.2. The molecule has 0 radical (unpaired) electrons. The van der Waals surface area contributed by atoms with Crippen molar-refractivity contribution >= 4 is 22.4 Å². The summed E-state index contributed by atoms with van der Waals surface area (Å²) in [4.78, 5) is 34.1. The summed E-state index contributed by atoms with van der Waals surface area (Å²) in [6.07, 6.45) is 5.49. The highest BCUT2D eigenvalue weighted by Crippen LogP contribution is 2.44. The lowest BCUT2D eigenvalue weighted by Gasteiger charge is -2.37. The van der Waals surface area contributed by atoms with E-state index in [1.165, 1.54) is 23.1 Å². The van der Waals surface area contributed by atoms with Crippen LogP contribution >= 0.6 is 0 Å². The van der Waals surface area contributed by atoms with Crippen LogP contribution in [0.3, 0.4) is 0 Å². The number of hydrogen-bond acceptors (Lipinski definition) is 6. The molecule has 0 atom stereocenters. The third-order valence-corrected chi connectivity index (χ3v) is 6.35. The number of benzene rings is 1. The molecule has 1 saturated carbocycles. The van der Waals surface area contributed by atoms with Crippen LogP contribution in [-0.4, -0.2) is 51.8 Å². The maximum atomic E-state index is 13.4. The molecule has 8 nitrogen and oxygen atoms in total. The third-order valence-electron chi connectivity index (χ3n) is 6.35. The second kappa shape index (κ2) is 8.08. The van der Waals surface area contributed by atoms with E-state index in [2.05, 4.69) is 27.1 Å². The van der Waals surface area contributed by atoms with Gasteiger partial charge in [0.2, 0.25) is 0 Å². The zero-order chi connectivity index (χ0) is 22.2. The Balaban J connectivity index is 1.40. The maximum Gasteiger partial charge on any atom is 0.275 e. The second-order valence-electron chi connectivity index (χ2n) is 8.33. The molecule has 2 fully saturated rings. The van der Waals surface area contributed by atoms with Crippen molar-refractivity contribution in [2.45, 2.75) is 32.2 Å². The summed E-state index contributed by atoms with van der Waals surface area (Å²) in [5.41, 5.74) is 3.14. The van der Waals surface area contributed by atoms with Crippen LogP contribution in [0.5, 0.6) is 0 Å². The van der Waals surface area contributed by atoms with Gasteiger partial charge in [0.05, 0.1) is 17.0 Å². The summed E-state index contributed by atoms with van der Waals surface area (Å²) >= 11 is 0. The summed E-state index contributed by atoms with van der Waals surface area (Å²) in [5.74, 6) is 0.397. The van der Waals surface area contributed by atoms with Crippen LogP contribution in [0.2, 0.25) is 0 Å². The van der Waals surface area contributed by atoms with Crippen molar-refractivity contribution in [3.63, 3.8) is 0 Å². The van der Waals surface area contributed by atoms with E-state index in [9.17, 15) is 14.9 Å². The minimum atomic E-state index is -0.212. The molecule has 0 spiro atoms. The lowest BCUT2D eigenvalue weighted by atomic mass is 10.0. The number of rotatable bonds is 4. The highest BCUT2D eigenvalue weighted by molar-refractivity contribution is 6.04. The lowest BCUT2D eigenvalue weighted by molar-refractivity contribution is 0.0740. The van der Waals surface area contributed by atoms with Crippen molar-refractivity contribution < 1.29 is 4.79 Å². The number of hydrogen-bond donors (Lipinski definition) is 0. The molecular weight excluding hydrogens is 404 g/mol. The van der Waals surface area contributed by atoms with Crippen LogP contribution in [0.25, 0.3) is 10.8 Å². The number of aryl methyl sites for hydroxylation is 1. The van der Waals surface area contributed by atoms with Gasteiger partial charge in [-0.2, -0.15) is 10.4 Å². The first kappa shape index (κ1) is 20.2. The zero-order valence-electron chi connectivity index (χ0n) is 18.0. The van der Waals surface area contributed by atoms with E-state index in [0.717, 1.165) is 5.69 Å². The van der Waals surface area contributed by atoms with Gasteiger partial charge in [0.15, 0.2) is 5.69 Å². The monoisotopic (exact) mass is 428 g/mol. The first-order chi connectivity index (χ1) is 15.6. The molecule has 0 bridgehead atoms. The largest absolute Gasteiger partial charge is 0.368 e. The zero-order valence-corrected chi connectivity index (χ0v) is 18.0. The normalized spacial score (nSPS) is 16.2. The van der Waals surface area contributed by atoms with E-state index in [4.69, 9.17) is 0 Å². The Kier molecular flexibility index (Phi) is 5.10. The van der Waals surface area contributed by atoms with Gasteiger partial charge in [-0.05, 0) is 49.4 Å². The predicted molar refractivity (Wildman–Crippen MR) is 121 cm³/mol. The Bertz CT molecular complexity index is 1300. The number of nitriles is 1. The number of carbonyl (C=O) groups excluding carboxylic acids is 1. The van der Waals surface area contributed by atoms with Crippen molar-refractivity contribution in [1.82, 2.24) is 19.7 Å². The van der Waals surface area contributed by atoms with Gasteiger partial charge in [-0.3, -0.25) is 14.6 Å². The smallest absolute Gasteiger partial charge is 0.275 e. The quantitative estimate of drug-likeness (QED) is 0.634. The van der Waals surface area contributed by atoms with E-state index in [1.54, 1.807) is 23.4 Å². The van der Waals surface area contributed by atoms with E-state index in [-0.39, 0.29) is 17.2 Å². The lowest BCUT2D eigenvalue weighted by Crippen LogP contribution is -2.49. The topological polar surface area (TPSA) is 95.1 Å². The van der Waals surface area contributed by atoms with Crippen molar-refractivity contribution in [3.05, 3.63) is 63.8 Å². The molecule has 2 aliphatic rings. The molecule has 1 amide bonds. The summed E-state index contributed by atoms with van der Waals surface area (Å²) in [6, 6.07) is 9.83. The van der Waals surface area contributed by atoms with Gasteiger partial charge >= 0.3 is 0 Å². The minimum absolute atomic E-state index is 0.182. The second-order valence-corrected chi connectivity index (χ2v) is 8.33. The molecule has 3 heterocycles. The molecule has 162 valence electrons. The molecule has 0 N–H and O–H groups in total. The molecule has 1 aliphatic heterocycles. The SMILES string of the molecule is CCn1nc(C(=O)N2CCN(c3cc(C#N)ccc3C3CC3)CC2)c2cnccc2c1=O. The Morgan fingerprint density at radius 2 is 1.94 bits per heavy atom. The van der Waals surface area contributed by atoms with Crippen LogP contribution in [0.1, 0.15) is 47.3 Å². The predicted octanol–water partition coefficient (Wildman–Crippen LogP) is 2.52. The Morgan fingerprint density at radius 3 is 2.62 bits per heavy atom. The number of nitrogens with zero attached hydrogens (tertiary/aromatic N) is 6. The summed E-state index contributed by atoms with van der Waals surface area (Å²) in [5, 5.41) is 14.7. The fraction of sp³-hybridized carbons (Fsp3) is 0.375. The number of amides is 1. The molecule has 0 unspecified atom stereocenters. The van der Waals surface area contributed by atoms with Crippen molar-refractivity contribution in [2.75, 3.05) is 31.1 Å². The van der Waals surface area contributed by atoms with E-state index < -0.39 is 0 Å². The van der Waals surface area contributed by atoms with Gasteiger partial charge in [0.1, 0.15) is 0 Å². The number of pyridine rings is 1. The van der Waals surface area contributed by atoms with Gasteiger partial charge in [0, 0.05) is 56.2 Å². The number of carbonyl (C=O) groups is 1. The first-order valence-electron chi connectivity index (χ1n) is 11.0. The van der Waals surface area contributed by atoms with E-state index in [1.807, 2.05) is 19.1 Å². The van der Waals surface area contributed by atoms with Crippen LogP contribution in [0, 0.1) is 11.3 Å². The fourth-order valence-corrected chi connectivity index (χ4v) is 4.43. The van der Waals surface area contributed by atoms with Crippen molar-refractivity contribution in [3.8, 4) is 6.07 Å². The fourth-order valence-electron chi connectivity index (χ4n) is 4.43. The Morgan fingerprint density at radius 1 is 1.16 bits per heavy atom. The number of anilines is 1. The van der Waals surface area contributed by atoms with Gasteiger partial charge < -0.3 is 9.80 Å². The minimum Gasteiger partial charge on any atom is -0.368 e. The molecule has 8 heteroatoms. The van der Waals surface area contributed by atoms with Crippen LogP contribution in [0.4, 0.5) is 5.69 Å². The van der Waals surface area contributed by atoms with Gasteiger partial charge in [0.25, 0.3) is 11.5 Å². The van der Waals surface area contributed by atoms with Gasteiger partial charge in [-0.1, -0.05) is 6.07 Å². The third kappa shape index (κ3) is 3.50. The first-order valence-corrected chi connectivity index (χ1v) is 11.0. The van der Waals surface area contributed by atoms with Crippen LogP contribution in [-0.2, 0) is 6.54 Å². The van der Waals surface area contributed by atoms with Gasteiger partial charge in [-0.25, -0.2) is 4.68 Å². The number of piperazine rings is 1. The Hall–Kier alpha value is -3.73. The molecule has 3 aromatic rings. The maximum absolute atomic E-state index is 13.4. The summed E-state index contributed by atoms with van der Waals surface area (Å²) in [6.45, 7) is 4.70. The van der Waals surface area contributed by atoms with E-state index >= 15 is 0 Å². The van der Waals surface area contributed by atoms with E-state index in [0.29, 0.717) is 55.0 Å². The summed E-state index contributed by atoms with van der Waals surface area (Å²) in [7, 11) is 0. The average Bonchev–Trinajstić information content (AvgIpc) is 3.69. The Labute approximate surface area is 185 Å². The number of fused-ring (bicyclic) bond motifs is 1. The molecular formula is C24H24N6O2. The molecule has 2 aromatic heterocycles. The molecule has 1 saturated heterocycles. The van der Waals surface area contributed by atoms with Crippen LogP contribution in [0.15, 0.2) is 41.5 Å². The molecule has 1 aliphatic carbocycles. The van der Waals surface area contributed by atoms with Crippen LogP contribution < -0.4 is 10.5 Å². The average molecular weight is 428 g/mol. The standard InChI is InChI=1S/C24H24N6O2/c1-2-30-23(31)19-7-8-26-15-20(19)22(27-30)24(32)29-11-9-28(10-12-29)21-13-16(14-25)3-6-18(21)17-4-5-17/h3,6-8,13,15,17H,2,4-5,9-12H2,1H3. The molecule has 32 heavy (non-hydrogen) atoms. The highest BCUT2D eigenvalue weighted by Gasteiger charge is 2.31. The van der Waals surface area contributed by atoms with Gasteiger partial charge in [-0.15, -0.1) is 0 Å². The summed E-state index contributed by atoms with van der Waals surface area (Å²) < 4.78 is 1.33. The van der Waals surface area contributed by atoms with Crippen molar-refractivity contribution in [1.29, 1.82) is 5.26 Å².